The van der Waals surface area contributed by atoms with Crippen molar-refractivity contribution in [2.75, 3.05) is 5.32 Å². The number of carbonyl (C=O) groups is 2. The first kappa shape index (κ1) is 17.0. The summed E-state index contributed by atoms with van der Waals surface area (Å²) >= 11 is 1.48. The number of nitrogens with zero attached hydrogens (tertiary/aromatic N) is 2. The normalized spacial score (nSPS) is 10.8. The maximum Gasteiger partial charge on any atom is 0.262 e. The molecule has 6 nitrogen and oxygen atoms in total. The zero-order valence-electron chi connectivity index (χ0n) is 14.1. The highest BCUT2D eigenvalue weighted by molar-refractivity contribution is 7.18. The number of Topliss-reactive ketones (excluding diaryl/α,β-unsaturated/α-hetero) is 1. The average molecular weight is 355 g/mol. The van der Waals surface area contributed by atoms with E-state index in [1.165, 1.54) is 29.2 Å². The highest BCUT2D eigenvalue weighted by Gasteiger charge is 2.14. The van der Waals surface area contributed by atoms with Crippen LogP contribution in [-0.2, 0) is 11.3 Å². The molecule has 0 radical (unpaired) electrons. The molecular weight excluding hydrogens is 338 g/mol. The Kier molecular flexibility index (Phi) is 4.50. The van der Waals surface area contributed by atoms with Gasteiger partial charge in [-0.15, -0.1) is 11.3 Å². The van der Waals surface area contributed by atoms with Crippen molar-refractivity contribution in [3.05, 3.63) is 57.0 Å². The third-order valence-electron chi connectivity index (χ3n) is 4.00. The van der Waals surface area contributed by atoms with Crippen LogP contribution in [0.15, 0.2) is 35.4 Å². The predicted molar refractivity (Wildman–Crippen MR) is 98.4 cm³/mol. The maximum absolute atomic E-state index is 12.6. The fourth-order valence-electron chi connectivity index (χ4n) is 2.57. The van der Waals surface area contributed by atoms with Crippen molar-refractivity contribution in [3.63, 3.8) is 0 Å². The standard InChI is InChI=1S/C18H17N3O3S/c1-10-11(2)25-17-16(10)18(24)21(9-19-17)8-15(23)13-4-6-14(7-5-13)20-12(3)22/h4-7,9H,8H2,1-3H3,(H,20,22). The van der Waals surface area contributed by atoms with Crippen LogP contribution in [-0.4, -0.2) is 21.2 Å². The summed E-state index contributed by atoms with van der Waals surface area (Å²) in [5, 5.41) is 3.23. The number of hydrogen-bond donors (Lipinski definition) is 1. The zero-order chi connectivity index (χ0) is 18.1. The van der Waals surface area contributed by atoms with Gasteiger partial charge in [0.2, 0.25) is 5.91 Å². The average Bonchev–Trinajstić information content (AvgIpc) is 2.85. The molecule has 0 saturated heterocycles. The van der Waals surface area contributed by atoms with Gasteiger partial charge in [-0.05, 0) is 43.7 Å². The maximum atomic E-state index is 12.6. The lowest BCUT2D eigenvalue weighted by Crippen LogP contribution is -2.24. The number of carbonyl (C=O) groups excluding carboxylic acids is 2. The molecule has 2 aromatic heterocycles. The summed E-state index contributed by atoms with van der Waals surface area (Å²) in [6.45, 7) is 5.19. The minimum absolute atomic E-state index is 0.0738. The molecule has 1 N–H and O–H groups in total. The van der Waals surface area contributed by atoms with Crippen molar-refractivity contribution >= 4 is 38.9 Å². The Labute approximate surface area is 148 Å². The third kappa shape index (κ3) is 3.36. The number of aryl methyl sites for hydroxylation is 2. The van der Waals surface area contributed by atoms with Crippen LogP contribution < -0.4 is 10.9 Å². The van der Waals surface area contributed by atoms with Gasteiger partial charge in [0.25, 0.3) is 5.56 Å². The number of thiophene rings is 1. The molecular formula is C18H17N3O3S. The van der Waals surface area contributed by atoms with Crippen LogP contribution in [0.3, 0.4) is 0 Å². The molecule has 25 heavy (non-hydrogen) atoms. The van der Waals surface area contributed by atoms with E-state index in [1.807, 2.05) is 13.8 Å². The number of rotatable bonds is 4. The van der Waals surface area contributed by atoms with Crippen LogP contribution in [0.2, 0.25) is 0 Å². The summed E-state index contributed by atoms with van der Waals surface area (Å²) in [6, 6.07) is 6.58. The van der Waals surface area contributed by atoms with Gasteiger partial charge in [0.15, 0.2) is 5.78 Å². The zero-order valence-corrected chi connectivity index (χ0v) is 14.9. The summed E-state index contributed by atoms with van der Waals surface area (Å²) in [4.78, 5) is 42.2. The van der Waals surface area contributed by atoms with Gasteiger partial charge in [-0.1, -0.05) is 0 Å². The van der Waals surface area contributed by atoms with Crippen LogP contribution in [0, 0.1) is 13.8 Å². The number of nitrogens with one attached hydrogen (secondary N) is 1. The minimum Gasteiger partial charge on any atom is -0.326 e. The smallest absolute Gasteiger partial charge is 0.262 e. The molecule has 0 aliphatic heterocycles. The Morgan fingerprint density at radius 2 is 1.88 bits per heavy atom. The van der Waals surface area contributed by atoms with Gasteiger partial charge in [-0.25, -0.2) is 4.98 Å². The molecule has 0 aliphatic carbocycles. The molecule has 0 aliphatic rings. The molecule has 0 saturated carbocycles. The van der Waals surface area contributed by atoms with Crippen LogP contribution in [0.1, 0.15) is 27.7 Å². The molecule has 7 heteroatoms. The SMILES string of the molecule is CC(=O)Nc1ccc(C(=O)Cn2cnc3sc(C)c(C)c3c2=O)cc1. The van der Waals surface area contributed by atoms with Crippen molar-refractivity contribution in [3.8, 4) is 0 Å². The van der Waals surface area contributed by atoms with E-state index in [-0.39, 0.29) is 23.8 Å². The number of aromatic nitrogens is 2. The molecule has 2 heterocycles. The van der Waals surface area contributed by atoms with Crippen molar-refractivity contribution < 1.29 is 9.59 Å². The van der Waals surface area contributed by atoms with E-state index in [4.69, 9.17) is 0 Å². The predicted octanol–water partition coefficient (Wildman–Crippen LogP) is 2.92. The summed E-state index contributed by atoms with van der Waals surface area (Å²) in [6.07, 6.45) is 1.42. The van der Waals surface area contributed by atoms with Gasteiger partial charge >= 0.3 is 0 Å². The number of hydrogen-bond acceptors (Lipinski definition) is 5. The summed E-state index contributed by atoms with van der Waals surface area (Å²) < 4.78 is 1.34. The van der Waals surface area contributed by atoms with Crippen molar-refractivity contribution in [2.45, 2.75) is 27.3 Å². The lowest BCUT2D eigenvalue weighted by atomic mass is 10.1. The second-order valence-electron chi connectivity index (χ2n) is 5.82. The van der Waals surface area contributed by atoms with Gasteiger partial charge in [-0.3, -0.25) is 19.0 Å². The van der Waals surface area contributed by atoms with Gasteiger partial charge in [0.05, 0.1) is 18.3 Å². The lowest BCUT2D eigenvalue weighted by Gasteiger charge is -2.06. The fourth-order valence-corrected chi connectivity index (χ4v) is 3.56. The molecule has 1 amide bonds. The van der Waals surface area contributed by atoms with E-state index in [1.54, 1.807) is 24.3 Å². The van der Waals surface area contributed by atoms with Crippen LogP contribution in [0.4, 0.5) is 5.69 Å². The van der Waals surface area contributed by atoms with E-state index >= 15 is 0 Å². The van der Waals surface area contributed by atoms with Crippen molar-refractivity contribution in [1.29, 1.82) is 0 Å². The molecule has 0 atom stereocenters. The van der Waals surface area contributed by atoms with E-state index < -0.39 is 0 Å². The van der Waals surface area contributed by atoms with Crippen LogP contribution in [0.25, 0.3) is 10.2 Å². The minimum atomic E-state index is -0.199. The highest BCUT2D eigenvalue weighted by atomic mass is 32.1. The summed E-state index contributed by atoms with van der Waals surface area (Å²) in [7, 11) is 0. The van der Waals surface area contributed by atoms with Gasteiger partial charge in [-0.2, -0.15) is 0 Å². The number of ketones is 1. The lowest BCUT2D eigenvalue weighted by molar-refractivity contribution is -0.114. The Morgan fingerprint density at radius 3 is 2.52 bits per heavy atom. The molecule has 3 rings (SSSR count). The number of fused-ring (bicyclic) bond motifs is 1. The molecule has 128 valence electrons. The summed E-state index contributed by atoms with van der Waals surface area (Å²) in [5.74, 6) is -0.367. The quantitative estimate of drug-likeness (QED) is 0.730. The second kappa shape index (κ2) is 6.60. The van der Waals surface area contributed by atoms with Crippen LogP contribution in [0.5, 0.6) is 0 Å². The Morgan fingerprint density at radius 1 is 1.20 bits per heavy atom. The summed E-state index contributed by atoms with van der Waals surface area (Å²) in [5.41, 5.74) is 1.81. The second-order valence-corrected chi connectivity index (χ2v) is 7.03. The fraction of sp³-hybridized carbons (Fsp3) is 0.222. The Hall–Kier alpha value is -2.80. The van der Waals surface area contributed by atoms with Crippen molar-refractivity contribution in [2.24, 2.45) is 0 Å². The number of benzene rings is 1. The van der Waals surface area contributed by atoms with Gasteiger partial charge in [0.1, 0.15) is 4.83 Å². The molecule has 0 fully saturated rings. The van der Waals surface area contributed by atoms with E-state index in [0.29, 0.717) is 21.5 Å². The van der Waals surface area contributed by atoms with Crippen molar-refractivity contribution in [1.82, 2.24) is 9.55 Å². The Balaban J connectivity index is 1.87. The third-order valence-corrected chi connectivity index (χ3v) is 5.11. The molecule has 0 unspecified atom stereocenters. The van der Waals surface area contributed by atoms with Gasteiger partial charge < -0.3 is 5.32 Å². The van der Waals surface area contributed by atoms with E-state index in [9.17, 15) is 14.4 Å². The molecule has 0 bridgehead atoms. The topological polar surface area (TPSA) is 81.1 Å². The Bertz CT molecular complexity index is 1030. The van der Waals surface area contributed by atoms with E-state index in [2.05, 4.69) is 10.3 Å². The molecule has 3 aromatic rings. The first-order valence-corrected chi connectivity index (χ1v) is 8.54. The molecule has 1 aromatic carbocycles. The monoisotopic (exact) mass is 355 g/mol. The number of amides is 1. The van der Waals surface area contributed by atoms with Gasteiger partial charge in [0, 0.05) is 23.1 Å². The first-order chi connectivity index (χ1) is 11.9. The highest BCUT2D eigenvalue weighted by Crippen LogP contribution is 2.25. The molecule has 0 spiro atoms. The number of anilines is 1. The first-order valence-electron chi connectivity index (χ1n) is 7.73. The largest absolute Gasteiger partial charge is 0.326 e. The van der Waals surface area contributed by atoms with E-state index in [0.717, 1.165) is 10.4 Å². The van der Waals surface area contributed by atoms with Crippen LogP contribution >= 0.6 is 11.3 Å².